The van der Waals surface area contributed by atoms with Crippen molar-refractivity contribution in [2.75, 3.05) is 19.6 Å². The average Bonchev–Trinajstić information content (AvgIpc) is 2.95. The monoisotopic (exact) mass is 232 g/mol. The van der Waals surface area contributed by atoms with E-state index in [0.717, 1.165) is 29.8 Å². The fourth-order valence-corrected chi connectivity index (χ4v) is 4.07. The van der Waals surface area contributed by atoms with E-state index in [1.807, 2.05) is 0 Å². The number of allylic oxidation sites excluding steroid dienone is 1. The van der Waals surface area contributed by atoms with Crippen LogP contribution in [-0.2, 0) is 0 Å². The Hall–Kier alpha value is -0.340. The lowest BCUT2D eigenvalue weighted by atomic mass is 9.71. The number of nitrogens with zero attached hydrogens (tertiary/aromatic N) is 1. The second kappa shape index (κ2) is 4.10. The van der Waals surface area contributed by atoms with Gasteiger partial charge in [0.25, 0.3) is 0 Å². The van der Waals surface area contributed by atoms with E-state index >= 15 is 0 Å². The van der Waals surface area contributed by atoms with Crippen LogP contribution in [-0.4, -0.2) is 36.6 Å². The van der Waals surface area contributed by atoms with Gasteiger partial charge in [-0.3, -0.25) is 0 Å². The summed E-state index contributed by atoms with van der Waals surface area (Å²) in [4.78, 5) is 2.73. The minimum absolute atomic E-state index is 0.814. The van der Waals surface area contributed by atoms with Crippen molar-refractivity contribution in [2.45, 2.75) is 44.2 Å². The normalized spacial score (nSPS) is 44.9. The molecule has 0 aromatic carbocycles. The van der Waals surface area contributed by atoms with Crippen molar-refractivity contribution in [1.82, 2.24) is 10.2 Å². The summed E-state index contributed by atoms with van der Waals surface area (Å²) in [7, 11) is 0. The first-order valence-corrected chi connectivity index (χ1v) is 7.54. The van der Waals surface area contributed by atoms with Crippen LogP contribution in [0, 0.1) is 17.8 Å². The Morgan fingerprint density at radius 1 is 1.24 bits per heavy atom. The second-order valence-electron chi connectivity index (χ2n) is 6.63. The van der Waals surface area contributed by atoms with Crippen molar-refractivity contribution in [2.24, 2.45) is 17.8 Å². The van der Waals surface area contributed by atoms with Gasteiger partial charge in [0.1, 0.15) is 0 Å². The molecule has 94 valence electrons. The number of rotatable bonds is 4. The summed E-state index contributed by atoms with van der Waals surface area (Å²) in [6.45, 7) is 4.01. The lowest BCUT2D eigenvalue weighted by Crippen LogP contribution is -2.49. The van der Waals surface area contributed by atoms with Gasteiger partial charge < -0.3 is 10.2 Å². The van der Waals surface area contributed by atoms with Crippen LogP contribution in [0.2, 0.25) is 0 Å². The fraction of sp³-hybridized carbons (Fsp3) is 0.867. The Morgan fingerprint density at radius 2 is 2.18 bits per heavy atom. The van der Waals surface area contributed by atoms with Gasteiger partial charge in [-0.1, -0.05) is 12.2 Å². The number of nitrogens with one attached hydrogen (secondary N) is 1. The van der Waals surface area contributed by atoms with E-state index < -0.39 is 0 Å². The molecule has 3 fully saturated rings. The Morgan fingerprint density at radius 3 is 3.00 bits per heavy atom. The molecule has 2 saturated carbocycles. The van der Waals surface area contributed by atoms with Crippen LogP contribution in [0.5, 0.6) is 0 Å². The van der Waals surface area contributed by atoms with E-state index in [-0.39, 0.29) is 0 Å². The summed E-state index contributed by atoms with van der Waals surface area (Å²) in [5.74, 6) is 2.81. The van der Waals surface area contributed by atoms with Crippen LogP contribution < -0.4 is 5.32 Å². The van der Waals surface area contributed by atoms with Crippen molar-refractivity contribution in [3.05, 3.63) is 12.2 Å². The van der Waals surface area contributed by atoms with Gasteiger partial charge in [-0.2, -0.15) is 0 Å². The number of hydrogen-bond acceptors (Lipinski definition) is 2. The molecule has 0 amide bonds. The first-order chi connectivity index (χ1) is 8.40. The standard InChI is InChI=1S/C15H24N2/c1-2-12-8-15(14(12)3-1)16-9-11-6-7-17(10-11)13-4-5-13/h1,3,11-16H,2,4-10H2. The number of fused-ring (bicyclic) bond motifs is 1. The fourth-order valence-electron chi connectivity index (χ4n) is 4.07. The van der Waals surface area contributed by atoms with Gasteiger partial charge in [0.05, 0.1) is 0 Å². The third-order valence-electron chi connectivity index (χ3n) is 5.41. The van der Waals surface area contributed by atoms with Crippen molar-refractivity contribution >= 4 is 0 Å². The van der Waals surface area contributed by atoms with Gasteiger partial charge >= 0.3 is 0 Å². The van der Waals surface area contributed by atoms with Gasteiger partial charge in [0, 0.05) is 18.6 Å². The van der Waals surface area contributed by atoms with E-state index in [1.165, 1.54) is 51.7 Å². The largest absolute Gasteiger partial charge is 0.313 e. The molecule has 3 aliphatic carbocycles. The van der Waals surface area contributed by atoms with Gasteiger partial charge in [0.2, 0.25) is 0 Å². The molecule has 1 N–H and O–H groups in total. The molecule has 0 bridgehead atoms. The smallest absolute Gasteiger partial charge is 0.0136 e. The molecular weight excluding hydrogens is 208 g/mol. The van der Waals surface area contributed by atoms with Crippen molar-refractivity contribution in [3.8, 4) is 0 Å². The molecule has 4 rings (SSSR count). The number of likely N-dealkylation sites (tertiary alicyclic amines) is 1. The molecule has 0 aromatic heterocycles. The van der Waals surface area contributed by atoms with Crippen LogP contribution in [0.4, 0.5) is 0 Å². The minimum Gasteiger partial charge on any atom is -0.313 e. The maximum atomic E-state index is 3.83. The van der Waals surface area contributed by atoms with Crippen molar-refractivity contribution in [3.63, 3.8) is 0 Å². The quantitative estimate of drug-likeness (QED) is 0.746. The van der Waals surface area contributed by atoms with Crippen molar-refractivity contribution in [1.29, 1.82) is 0 Å². The molecule has 1 heterocycles. The highest BCUT2D eigenvalue weighted by molar-refractivity contribution is 5.12. The van der Waals surface area contributed by atoms with Crippen LogP contribution in [0.15, 0.2) is 12.2 Å². The summed E-state index contributed by atoms with van der Waals surface area (Å²) in [5.41, 5.74) is 0. The van der Waals surface area contributed by atoms with E-state index in [0.29, 0.717) is 0 Å². The highest BCUT2D eigenvalue weighted by Crippen LogP contribution is 2.42. The summed E-state index contributed by atoms with van der Waals surface area (Å²) in [5, 5.41) is 3.83. The van der Waals surface area contributed by atoms with Crippen LogP contribution >= 0.6 is 0 Å². The first-order valence-electron chi connectivity index (χ1n) is 7.54. The number of hydrogen-bond donors (Lipinski definition) is 1. The zero-order valence-electron chi connectivity index (χ0n) is 10.6. The summed E-state index contributed by atoms with van der Waals surface area (Å²) in [6, 6.07) is 1.79. The highest BCUT2D eigenvalue weighted by atomic mass is 15.2. The first kappa shape index (κ1) is 10.6. The Kier molecular flexibility index (Phi) is 2.55. The Labute approximate surface area is 104 Å². The van der Waals surface area contributed by atoms with E-state index in [4.69, 9.17) is 0 Å². The molecular formula is C15H24N2. The minimum atomic E-state index is 0.814. The molecule has 1 saturated heterocycles. The summed E-state index contributed by atoms with van der Waals surface area (Å²) < 4.78 is 0. The zero-order valence-corrected chi connectivity index (χ0v) is 10.6. The lowest BCUT2D eigenvalue weighted by Gasteiger charge is -2.41. The topological polar surface area (TPSA) is 15.3 Å². The maximum Gasteiger partial charge on any atom is 0.0136 e. The summed E-state index contributed by atoms with van der Waals surface area (Å²) in [6.07, 6.45) is 12.0. The maximum absolute atomic E-state index is 3.83. The van der Waals surface area contributed by atoms with E-state index in [2.05, 4.69) is 22.4 Å². The molecule has 0 spiro atoms. The molecule has 4 atom stereocenters. The van der Waals surface area contributed by atoms with E-state index in [9.17, 15) is 0 Å². The Balaban J connectivity index is 1.22. The second-order valence-corrected chi connectivity index (χ2v) is 6.63. The van der Waals surface area contributed by atoms with Crippen LogP contribution in [0.3, 0.4) is 0 Å². The molecule has 2 nitrogen and oxygen atoms in total. The highest BCUT2D eigenvalue weighted by Gasteiger charge is 2.41. The molecule has 0 radical (unpaired) electrons. The van der Waals surface area contributed by atoms with Gasteiger partial charge in [-0.15, -0.1) is 0 Å². The third-order valence-corrected chi connectivity index (χ3v) is 5.41. The third kappa shape index (κ3) is 1.96. The van der Waals surface area contributed by atoms with Crippen LogP contribution in [0.1, 0.15) is 32.1 Å². The molecule has 4 unspecified atom stereocenters. The average molecular weight is 232 g/mol. The molecule has 0 aromatic rings. The van der Waals surface area contributed by atoms with Crippen molar-refractivity contribution < 1.29 is 0 Å². The molecule has 1 aliphatic heterocycles. The predicted octanol–water partition coefficient (Wildman–Crippen LogP) is 2.02. The van der Waals surface area contributed by atoms with E-state index in [1.54, 1.807) is 0 Å². The SMILES string of the molecule is C1=CC2C(C1)CC2NCC1CCN(C2CC2)C1. The summed E-state index contributed by atoms with van der Waals surface area (Å²) >= 11 is 0. The predicted molar refractivity (Wildman–Crippen MR) is 69.8 cm³/mol. The lowest BCUT2D eigenvalue weighted by molar-refractivity contribution is 0.157. The Bertz CT molecular complexity index is 321. The molecule has 4 aliphatic rings. The molecule has 17 heavy (non-hydrogen) atoms. The van der Waals surface area contributed by atoms with Gasteiger partial charge in [-0.05, 0) is 62.9 Å². The van der Waals surface area contributed by atoms with Gasteiger partial charge in [0.15, 0.2) is 0 Å². The molecule has 2 heteroatoms. The van der Waals surface area contributed by atoms with Crippen LogP contribution in [0.25, 0.3) is 0 Å². The van der Waals surface area contributed by atoms with Gasteiger partial charge in [-0.25, -0.2) is 0 Å². The zero-order chi connectivity index (χ0) is 11.2.